The molecule has 0 saturated carbocycles. The van der Waals surface area contributed by atoms with Gasteiger partial charge in [0, 0.05) is 28.2 Å². The Morgan fingerprint density at radius 3 is 2.55 bits per heavy atom. The van der Waals surface area contributed by atoms with Crippen LogP contribution in [0.25, 0.3) is 22.4 Å². The van der Waals surface area contributed by atoms with Gasteiger partial charge in [0.15, 0.2) is 0 Å². The maximum atomic E-state index is 13.0. The molecule has 8 heteroatoms. The molecule has 2 aromatic carbocycles. The summed E-state index contributed by atoms with van der Waals surface area (Å²) in [6.07, 6.45) is 4.05. The SMILES string of the molecule is COC(=O)c1c(NC(=O)CCSc2nc(-c3ccccc3)cc(-c3ccc(C)cc3)c2C#N)sc2c1CCCC2. The van der Waals surface area contributed by atoms with Crippen LogP contribution in [-0.2, 0) is 22.4 Å². The van der Waals surface area contributed by atoms with Gasteiger partial charge in [0.2, 0.25) is 5.91 Å². The van der Waals surface area contributed by atoms with Crippen LogP contribution >= 0.6 is 23.1 Å². The van der Waals surface area contributed by atoms with Crippen LogP contribution in [0.1, 0.15) is 51.2 Å². The molecule has 1 aliphatic rings. The second-order valence-electron chi connectivity index (χ2n) is 9.63. The van der Waals surface area contributed by atoms with Gasteiger partial charge in [-0.2, -0.15) is 5.26 Å². The Bertz CT molecular complexity index is 1590. The van der Waals surface area contributed by atoms with Crippen molar-refractivity contribution in [3.63, 3.8) is 0 Å². The van der Waals surface area contributed by atoms with Gasteiger partial charge in [-0.1, -0.05) is 60.2 Å². The lowest BCUT2D eigenvalue weighted by molar-refractivity contribution is -0.115. The first-order valence-corrected chi connectivity index (χ1v) is 15.0. The van der Waals surface area contributed by atoms with Crippen molar-refractivity contribution in [2.75, 3.05) is 18.2 Å². The zero-order valence-corrected chi connectivity index (χ0v) is 24.1. The molecule has 6 nitrogen and oxygen atoms in total. The van der Waals surface area contributed by atoms with Gasteiger partial charge in [-0.15, -0.1) is 23.1 Å². The van der Waals surface area contributed by atoms with Gasteiger partial charge in [-0.3, -0.25) is 4.79 Å². The monoisotopic (exact) mass is 567 g/mol. The first-order valence-electron chi connectivity index (χ1n) is 13.2. The molecule has 4 aromatic rings. The fourth-order valence-corrected chi connectivity index (χ4v) is 7.09. The molecule has 1 N–H and O–H groups in total. The Balaban J connectivity index is 1.38. The predicted octanol–water partition coefficient (Wildman–Crippen LogP) is 7.44. The number of amides is 1. The van der Waals surface area contributed by atoms with Crippen LogP contribution in [0.3, 0.4) is 0 Å². The number of nitriles is 1. The lowest BCUT2D eigenvalue weighted by atomic mass is 9.95. The van der Waals surface area contributed by atoms with Gasteiger partial charge < -0.3 is 10.1 Å². The summed E-state index contributed by atoms with van der Waals surface area (Å²) in [5, 5.41) is 14.3. The van der Waals surface area contributed by atoms with E-state index >= 15 is 0 Å². The van der Waals surface area contributed by atoms with Crippen LogP contribution in [0.2, 0.25) is 0 Å². The van der Waals surface area contributed by atoms with E-state index in [2.05, 4.69) is 11.4 Å². The van der Waals surface area contributed by atoms with Crippen molar-refractivity contribution < 1.29 is 14.3 Å². The Kier molecular flexibility index (Phi) is 8.63. The third-order valence-corrected chi connectivity index (χ3v) is 9.10. The largest absolute Gasteiger partial charge is 0.465 e. The quantitative estimate of drug-likeness (QED) is 0.176. The van der Waals surface area contributed by atoms with E-state index in [-0.39, 0.29) is 12.3 Å². The number of esters is 1. The number of thiophene rings is 1. The summed E-state index contributed by atoms with van der Waals surface area (Å²) in [6.45, 7) is 2.03. The molecule has 0 bridgehead atoms. The Morgan fingerprint density at radius 1 is 1.07 bits per heavy atom. The van der Waals surface area contributed by atoms with Crippen molar-refractivity contribution in [1.29, 1.82) is 5.26 Å². The van der Waals surface area contributed by atoms with E-state index in [0.717, 1.165) is 64.1 Å². The summed E-state index contributed by atoms with van der Waals surface area (Å²) < 4.78 is 5.02. The summed E-state index contributed by atoms with van der Waals surface area (Å²) in [7, 11) is 1.37. The number of anilines is 1. The second-order valence-corrected chi connectivity index (χ2v) is 11.8. The number of ether oxygens (including phenoxy) is 1. The van der Waals surface area contributed by atoms with Gasteiger partial charge in [0.1, 0.15) is 16.1 Å². The van der Waals surface area contributed by atoms with Crippen LogP contribution in [-0.4, -0.2) is 29.7 Å². The molecular weight excluding hydrogens is 539 g/mol. The van der Waals surface area contributed by atoms with Gasteiger partial charge in [-0.25, -0.2) is 9.78 Å². The number of aromatic nitrogens is 1. The molecule has 202 valence electrons. The lowest BCUT2D eigenvalue weighted by Crippen LogP contribution is -2.15. The minimum absolute atomic E-state index is 0.187. The van der Waals surface area contributed by atoms with Crippen molar-refractivity contribution >= 4 is 40.0 Å². The highest BCUT2D eigenvalue weighted by atomic mass is 32.2. The number of thioether (sulfide) groups is 1. The summed E-state index contributed by atoms with van der Waals surface area (Å²) in [5.74, 6) is -0.168. The van der Waals surface area contributed by atoms with E-state index < -0.39 is 5.97 Å². The van der Waals surface area contributed by atoms with Crippen LogP contribution < -0.4 is 5.32 Å². The number of pyridine rings is 1. The van der Waals surface area contributed by atoms with Crippen LogP contribution in [0.15, 0.2) is 65.7 Å². The third-order valence-electron chi connectivity index (χ3n) is 6.91. The van der Waals surface area contributed by atoms with Gasteiger partial charge >= 0.3 is 5.97 Å². The zero-order valence-electron chi connectivity index (χ0n) is 22.5. The lowest BCUT2D eigenvalue weighted by Gasteiger charge is -2.13. The van der Waals surface area contributed by atoms with E-state index in [0.29, 0.717) is 26.9 Å². The molecule has 0 spiro atoms. The zero-order chi connectivity index (χ0) is 28.1. The first-order chi connectivity index (χ1) is 19.5. The van der Waals surface area contributed by atoms with E-state index in [4.69, 9.17) is 9.72 Å². The van der Waals surface area contributed by atoms with Crippen molar-refractivity contribution in [3.8, 4) is 28.5 Å². The molecule has 1 amide bonds. The molecule has 0 fully saturated rings. The Labute approximate surface area is 242 Å². The number of hydrogen-bond acceptors (Lipinski definition) is 7. The summed E-state index contributed by atoms with van der Waals surface area (Å²) >= 11 is 2.87. The minimum Gasteiger partial charge on any atom is -0.465 e. The molecule has 1 aliphatic carbocycles. The number of methoxy groups -OCH3 is 1. The topological polar surface area (TPSA) is 92.1 Å². The van der Waals surface area contributed by atoms with Gasteiger partial charge in [-0.05, 0) is 49.8 Å². The highest BCUT2D eigenvalue weighted by Crippen LogP contribution is 2.39. The molecule has 0 unspecified atom stereocenters. The molecule has 5 rings (SSSR count). The Morgan fingerprint density at radius 2 is 1.82 bits per heavy atom. The van der Waals surface area contributed by atoms with Crippen LogP contribution in [0.5, 0.6) is 0 Å². The van der Waals surface area contributed by atoms with Gasteiger partial charge in [0.05, 0.1) is 23.9 Å². The predicted molar refractivity (Wildman–Crippen MR) is 161 cm³/mol. The van der Waals surface area contributed by atoms with E-state index in [1.807, 2.05) is 67.6 Å². The molecular formula is C32H29N3O3S2. The first kappa shape index (κ1) is 27.6. The smallest absolute Gasteiger partial charge is 0.341 e. The number of rotatable bonds is 8. The molecule has 40 heavy (non-hydrogen) atoms. The number of fused-ring (bicyclic) bond motifs is 1. The third kappa shape index (κ3) is 5.96. The fraction of sp³-hybridized carbons (Fsp3) is 0.250. The van der Waals surface area contributed by atoms with Crippen LogP contribution in [0.4, 0.5) is 5.00 Å². The van der Waals surface area contributed by atoms with E-state index in [1.54, 1.807) is 0 Å². The molecule has 0 atom stereocenters. The molecule has 2 heterocycles. The summed E-state index contributed by atoms with van der Waals surface area (Å²) in [4.78, 5) is 31.5. The average molecular weight is 568 g/mol. The normalized spacial score (nSPS) is 12.3. The van der Waals surface area contributed by atoms with Crippen molar-refractivity contribution in [3.05, 3.63) is 87.8 Å². The number of aryl methyl sites for hydroxylation is 2. The number of hydrogen-bond donors (Lipinski definition) is 1. The van der Waals surface area contributed by atoms with Crippen molar-refractivity contribution in [2.45, 2.75) is 44.1 Å². The highest BCUT2D eigenvalue weighted by Gasteiger charge is 2.27. The Hall–Kier alpha value is -3.93. The average Bonchev–Trinajstić information content (AvgIpc) is 3.34. The summed E-state index contributed by atoms with van der Waals surface area (Å²) in [5.41, 5.74) is 6.63. The van der Waals surface area contributed by atoms with Crippen molar-refractivity contribution in [1.82, 2.24) is 4.98 Å². The molecule has 0 radical (unpaired) electrons. The standard InChI is InChI=1S/C32H29N3O3S2/c1-20-12-14-21(15-13-20)24-18-26(22-8-4-3-5-9-22)34-30(25(24)19-33)39-17-16-28(36)35-31-29(32(37)38-2)23-10-6-7-11-27(23)40-31/h3-5,8-9,12-15,18H,6-7,10-11,16-17H2,1-2H3,(H,35,36). The fourth-order valence-electron chi connectivity index (χ4n) is 4.85. The number of carbonyl (C=O) groups excluding carboxylic acids is 2. The van der Waals surface area contributed by atoms with Crippen molar-refractivity contribution in [2.24, 2.45) is 0 Å². The van der Waals surface area contributed by atoms with E-state index in [1.165, 1.54) is 30.2 Å². The highest BCUT2D eigenvalue weighted by molar-refractivity contribution is 7.99. The minimum atomic E-state index is -0.409. The number of benzene rings is 2. The maximum Gasteiger partial charge on any atom is 0.341 e. The molecule has 0 aliphatic heterocycles. The molecule has 2 aromatic heterocycles. The van der Waals surface area contributed by atoms with Gasteiger partial charge in [0.25, 0.3) is 0 Å². The molecule has 0 saturated heterocycles. The summed E-state index contributed by atoms with van der Waals surface area (Å²) in [6, 6.07) is 22.3. The number of carbonyl (C=O) groups is 2. The number of nitrogens with one attached hydrogen (secondary N) is 1. The van der Waals surface area contributed by atoms with Crippen LogP contribution in [0, 0.1) is 18.3 Å². The maximum absolute atomic E-state index is 13.0. The second kappa shape index (κ2) is 12.5. The van der Waals surface area contributed by atoms with E-state index in [9.17, 15) is 14.9 Å². The number of nitrogens with zero attached hydrogens (tertiary/aromatic N) is 2.